The van der Waals surface area contributed by atoms with Crippen LogP contribution in [-0.4, -0.2) is 9.86 Å². The van der Waals surface area contributed by atoms with Gasteiger partial charge in [0.25, 0.3) is 0 Å². The molecule has 1 aliphatic rings. The molecule has 2 atom stereocenters. The molecule has 1 saturated carbocycles. The van der Waals surface area contributed by atoms with Crippen molar-refractivity contribution in [2.24, 2.45) is 5.73 Å². The van der Waals surface area contributed by atoms with Crippen molar-refractivity contribution >= 4 is 15.9 Å². The molecule has 0 heterocycles. The molecule has 0 aromatic rings. The summed E-state index contributed by atoms with van der Waals surface area (Å²) in [6, 6.07) is 0. The number of nitrogens with two attached hydrogens (primary N) is 1. The number of halogens is 1. The van der Waals surface area contributed by atoms with Gasteiger partial charge in [-0.2, -0.15) is 0 Å². The number of hydrogen-bond acceptors (Lipinski definition) is 1. The highest BCUT2D eigenvalue weighted by atomic mass is 79.9. The van der Waals surface area contributed by atoms with Crippen LogP contribution in [0.3, 0.4) is 0 Å². The molecule has 0 aromatic carbocycles. The molecular weight excluding hydrogens is 298 g/mol. The maximum Gasteiger partial charge on any atom is 0.0229 e. The van der Waals surface area contributed by atoms with Gasteiger partial charge in [-0.1, -0.05) is 73.7 Å². The van der Waals surface area contributed by atoms with Crippen LogP contribution in [0.25, 0.3) is 0 Å². The van der Waals surface area contributed by atoms with E-state index in [1.54, 1.807) is 0 Å². The van der Waals surface area contributed by atoms with Gasteiger partial charge in [-0.25, -0.2) is 0 Å². The van der Waals surface area contributed by atoms with Crippen molar-refractivity contribution in [3.63, 3.8) is 0 Å². The van der Waals surface area contributed by atoms with Gasteiger partial charge in [-0.05, 0) is 39.5 Å². The lowest BCUT2D eigenvalue weighted by molar-refractivity contribution is 0.365. The fourth-order valence-corrected chi connectivity index (χ4v) is 3.74. The highest BCUT2D eigenvalue weighted by molar-refractivity contribution is 9.10. The Labute approximate surface area is 129 Å². The quantitative estimate of drug-likeness (QED) is 0.546. The minimum Gasteiger partial charge on any atom is -0.325 e. The molecule has 0 aliphatic heterocycles. The lowest BCUT2D eigenvalue weighted by atomic mass is 9.89. The summed E-state index contributed by atoms with van der Waals surface area (Å²) in [6.45, 7) is 4.63. The van der Waals surface area contributed by atoms with Gasteiger partial charge in [0.15, 0.2) is 0 Å². The maximum absolute atomic E-state index is 6.39. The summed E-state index contributed by atoms with van der Waals surface area (Å²) >= 11 is 3.93. The van der Waals surface area contributed by atoms with E-state index in [0.717, 1.165) is 0 Å². The first-order valence-corrected chi connectivity index (χ1v) is 9.18. The van der Waals surface area contributed by atoms with Gasteiger partial charge in [0.1, 0.15) is 0 Å². The summed E-state index contributed by atoms with van der Waals surface area (Å²) in [5.41, 5.74) is 6.48. The average molecular weight is 332 g/mol. The SMILES string of the molecule is CC1(N)CCCCCCCC(C)(Br)CCCCCC1. The summed E-state index contributed by atoms with van der Waals surface area (Å²) in [5, 5.41) is 0. The molecule has 114 valence electrons. The first-order valence-electron chi connectivity index (χ1n) is 8.39. The second-order valence-corrected chi connectivity index (χ2v) is 9.16. The monoisotopic (exact) mass is 331 g/mol. The van der Waals surface area contributed by atoms with E-state index >= 15 is 0 Å². The van der Waals surface area contributed by atoms with Crippen LogP contribution in [0.4, 0.5) is 0 Å². The average Bonchev–Trinajstić information content (AvgIpc) is 2.31. The van der Waals surface area contributed by atoms with E-state index in [2.05, 4.69) is 29.8 Å². The van der Waals surface area contributed by atoms with Crippen molar-refractivity contribution in [1.82, 2.24) is 0 Å². The smallest absolute Gasteiger partial charge is 0.0229 e. The Kier molecular flexibility index (Phi) is 7.98. The van der Waals surface area contributed by atoms with Crippen molar-refractivity contribution in [3.8, 4) is 0 Å². The first kappa shape index (κ1) is 17.5. The second-order valence-electron chi connectivity index (χ2n) is 7.25. The van der Waals surface area contributed by atoms with Crippen LogP contribution in [0.15, 0.2) is 0 Å². The molecule has 2 heteroatoms. The molecule has 1 rings (SSSR count). The summed E-state index contributed by atoms with van der Waals surface area (Å²) in [7, 11) is 0. The van der Waals surface area contributed by atoms with Crippen molar-refractivity contribution in [3.05, 3.63) is 0 Å². The lowest BCUT2D eigenvalue weighted by Crippen LogP contribution is -2.35. The molecule has 0 spiro atoms. The van der Waals surface area contributed by atoms with E-state index in [1.165, 1.54) is 83.5 Å². The zero-order valence-electron chi connectivity index (χ0n) is 13.1. The van der Waals surface area contributed by atoms with Gasteiger partial charge < -0.3 is 5.73 Å². The van der Waals surface area contributed by atoms with E-state index in [-0.39, 0.29) is 5.54 Å². The first-order chi connectivity index (χ1) is 8.91. The van der Waals surface area contributed by atoms with Gasteiger partial charge >= 0.3 is 0 Å². The summed E-state index contributed by atoms with van der Waals surface area (Å²) in [6.07, 6.45) is 17.3. The molecule has 2 unspecified atom stereocenters. The fraction of sp³-hybridized carbons (Fsp3) is 1.00. The Morgan fingerprint density at radius 3 is 1.37 bits per heavy atom. The van der Waals surface area contributed by atoms with Crippen LogP contribution in [0.1, 0.15) is 97.3 Å². The normalized spacial score (nSPS) is 37.3. The largest absolute Gasteiger partial charge is 0.325 e. The van der Waals surface area contributed by atoms with Crippen LogP contribution in [-0.2, 0) is 0 Å². The van der Waals surface area contributed by atoms with Gasteiger partial charge in [-0.3, -0.25) is 0 Å². The third-order valence-corrected chi connectivity index (χ3v) is 5.43. The number of rotatable bonds is 0. The molecule has 19 heavy (non-hydrogen) atoms. The standard InChI is InChI=1S/C17H34BrN/c1-16(18)12-8-4-3-5-10-14-17(2,19)15-11-7-6-9-13-16/h3-15,19H2,1-2H3. The van der Waals surface area contributed by atoms with Gasteiger partial charge in [-0.15, -0.1) is 0 Å². The highest BCUT2D eigenvalue weighted by Gasteiger charge is 2.20. The van der Waals surface area contributed by atoms with Gasteiger partial charge in [0.05, 0.1) is 0 Å². The zero-order chi connectivity index (χ0) is 14.2. The minimum absolute atomic E-state index is 0.0874. The molecule has 0 aromatic heterocycles. The Bertz CT molecular complexity index is 211. The minimum atomic E-state index is 0.0874. The summed E-state index contributed by atoms with van der Waals surface area (Å²) in [4.78, 5) is 0. The Morgan fingerprint density at radius 1 is 0.632 bits per heavy atom. The topological polar surface area (TPSA) is 26.0 Å². The van der Waals surface area contributed by atoms with E-state index in [0.29, 0.717) is 4.32 Å². The predicted molar refractivity (Wildman–Crippen MR) is 89.9 cm³/mol. The molecule has 0 bridgehead atoms. The molecule has 1 aliphatic carbocycles. The van der Waals surface area contributed by atoms with E-state index in [1.807, 2.05) is 0 Å². The Balaban J connectivity index is 2.37. The zero-order valence-corrected chi connectivity index (χ0v) is 14.7. The van der Waals surface area contributed by atoms with Crippen LogP contribution in [0, 0.1) is 0 Å². The lowest BCUT2D eigenvalue weighted by Gasteiger charge is -2.24. The molecule has 0 saturated heterocycles. The highest BCUT2D eigenvalue weighted by Crippen LogP contribution is 2.31. The van der Waals surface area contributed by atoms with Crippen molar-refractivity contribution in [2.75, 3.05) is 0 Å². The molecule has 0 amide bonds. The fourth-order valence-electron chi connectivity index (χ4n) is 3.18. The van der Waals surface area contributed by atoms with Crippen LogP contribution >= 0.6 is 15.9 Å². The van der Waals surface area contributed by atoms with E-state index in [9.17, 15) is 0 Å². The second kappa shape index (κ2) is 8.67. The summed E-state index contributed by atoms with van der Waals surface area (Å²) in [5.74, 6) is 0. The third-order valence-electron chi connectivity index (χ3n) is 4.64. The molecule has 1 fully saturated rings. The number of hydrogen-bond donors (Lipinski definition) is 1. The van der Waals surface area contributed by atoms with Crippen LogP contribution < -0.4 is 5.73 Å². The molecular formula is C17H34BrN. The Hall–Kier alpha value is 0.440. The summed E-state index contributed by atoms with van der Waals surface area (Å²) < 4.78 is 0.384. The van der Waals surface area contributed by atoms with Crippen molar-refractivity contribution < 1.29 is 0 Å². The van der Waals surface area contributed by atoms with Gasteiger partial charge in [0.2, 0.25) is 0 Å². The number of alkyl halides is 1. The molecule has 1 nitrogen and oxygen atoms in total. The van der Waals surface area contributed by atoms with Crippen molar-refractivity contribution in [1.29, 1.82) is 0 Å². The van der Waals surface area contributed by atoms with Gasteiger partial charge in [0, 0.05) is 9.86 Å². The van der Waals surface area contributed by atoms with E-state index < -0.39 is 0 Å². The van der Waals surface area contributed by atoms with E-state index in [4.69, 9.17) is 5.73 Å². The third kappa shape index (κ3) is 9.07. The molecule has 0 radical (unpaired) electrons. The van der Waals surface area contributed by atoms with Crippen LogP contribution in [0.2, 0.25) is 0 Å². The predicted octanol–water partition coefficient (Wildman–Crippen LogP) is 5.94. The maximum atomic E-state index is 6.39. The molecule has 2 N–H and O–H groups in total. The van der Waals surface area contributed by atoms with Crippen LogP contribution in [0.5, 0.6) is 0 Å². The van der Waals surface area contributed by atoms with Crippen molar-refractivity contribution in [2.45, 2.75) is 107 Å². The Morgan fingerprint density at radius 2 is 0.947 bits per heavy atom.